The molecule has 0 saturated carbocycles. The molecular formula is C16H16N4O. The number of H-pyrrole nitrogens is 1. The van der Waals surface area contributed by atoms with Gasteiger partial charge in [0.05, 0.1) is 18.5 Å². The molecule has 0 aliphatic heterocycles. The zero-order valence-corrected chi connectivity index (χ0v) is 11.5. The normalized spacial score (nSPS) is 10.5. The Labute approximate surface area is 122 Å². The lowest BCUT2D eigenvalue weighted by molar-refractivity contribution is 0.282. The van der Waals surface area contributed by atoms with E-state index in [0.29, 0.717) is 6.54 Å². The quantitative estimate of drug-likeness (QED) is 0.671. The number of pyridine rings is 1. The van der Waals surface area contributed by atoms with Crippen LogP contribution in [0.4, 0.5) is 5.69 Å². The lowest BCUT2D eigenvalue weighted by Crippen LogP contribution is -2.00. The summed E-state index contributed by atoms with van der Waals surface area (Å²) in [6.07, 6.45) is 5.38. The molecule has 21 heavy (non-hydrogen) atoms. The maximum Gasteiger partial charge on any atom is 0.0715 e. The molecule has 0 unspecified atom stereocenters. The van der Waals surface area contributed by atoms with Crippen molar-refractivity contribution in [2.75, 3.05) is 5.32 Å². The van der Waals surface area contributed by atoms with Gasteiger partial charge in [-0.3, -0.25) is 10.1 Å². The molecule has 5 heteroatoms. The fourth-order valence-electron chi connectivity index (χ4n) is 2.13. The van der Waals surface area contributed by atoms with E-state index in [-0.39, 0.29) is 6.61 Å². The van der Waals surface area contributed by atoms with E-state index >= 15 is 0 Å². The average molecular weight is 280 g/mol. The highest BCUT2D eigenvalue weighted by Gasteiger charge is 2.07. The minimum Gasteiger partial charge on any atom is -0.392 e. The molecule has 0 aliphatic rings. The van der Waals surface area contributed by atoms with Crippen LogP contribution >= 0.6 is 0 Å². The van der Waals surface area contributed by atoms with Gasteiger partial charge in [0, 0.05) is 35.8 Å². The monoisotopic (exact) mass is 280 g/mol. The molecule has 3 N–H and O–H groups in total. The molecule has 3 rings (SSSR count). The molecule has 2 heterocycles. The summed E-state index contributed by atoms with van der Waals surface area (Å²) in [4.78, 5) is 4.13. The molecule has 0 amide bonds. The predicted octanol–water partition coefficient (Wildman–Crippen LogP) is 2.58. The third kappa shape index (κ3) is 3.09. The van der Waals surface area contributed by atoms with Crippen molar-refractivity contribution in [1.82, 2.24) is 15.2 Å². The van der Waals surface area contributed by atoms with Crippen LogP contribution in [0.3, 0.4) is 0 Å². The molecule has 0 fully saturated rings. The van der Waals surface area contributed by atoms with Gasteiger partial charge in [0.1, 0.15) is 0 Å². The first-order chi connectivity index (χ1) is 10.4. The molecule has 0 atom stereocenters. The Kier molecular flexibility index (Phi) is 3.93. The van der Waals surface area contributed by atoms with Crippen LogP contribution in [0.25, 0.3) is 11.3 Å². The minimum absolute atomic E-state index is 0.0627. The number of aliphatic hydroxyl groups is 1. The van der Waals surface area contributed by atoms with Gasteiger partial charge >= 0.3 is 0 Å². The molecule has 0 radical (unpaired) electrons. The Hall–Kier alpha value is -2.66. The average Bonchev–Trinajstić information content (AvgIpc) is 3.03. The van der Waals surface area contributed by atoms with Crippen molar-refractivity contribution in [2.45, 2.75) is 13.2 Å². The number of anilines is 1. The maximum absolute atomic E-state index is 9.03. The SMILES string of the molecule is OCc1ccc(NCc2cn[nH]c2-c2cccnc2)cc1. The van der Waals surface area contributed by atoms with Crippen LogP contribution in [-0.2, 0) is 13.2 Å². The van der Waals surface area contributed by atoms with E-state index < -0.39 is 0 Å². The molecule has 3 aromatic rings. The third-order valence-corrected chi connectivity index (χ3v) is 3.29. The second-order valence-electron chi connectivity index (χ2n) is 4.72. The highest BCUT2D eigenvalue weighted by Crippen LogP contribution is 2.21. The van der Waals surface area contributed by atoms with E-state index in [4.69, 9.17) is 5.11 Å². The van der Waals surface area contributed by atoms with E-state index in [1.165, 1.54) is 0 Å². The van der Waals surface area contributed by atoms with E-state index in [2.05, 4.69) is 20.5 Å². The summed E-state index contributed by atoms with van der Waals surface area (Å²) < 4.78 is 0. The predicted molar refractivity (Wildman–Crippen MR) is 81.5 cm³/mol. The first kappa shape index (κ1) is 13.3. The topological polar surface area (TPSA) is 73.8 Å². The summed E-state index contributed by atoms with van der Waals surface area (Å²) in [5.41, 5.74) is 4.98. The van der Waals surface area contributed by atoms with Crippen LogP contribution in [0.2, 0.25) is 0 Å². The van der Waals surface area contributed by atoms with Crippen molar-refractivity contribution < 1.29 is 5.11 Å². The smallest absolute Gasteiger partial charge is 0.0715 e. The Morgan fingerprint density at radius 2 is 1.95 bits per heavy atom. The lowest BCUT2D eigenvalue weighted by atomic mass is 10.1. The summed E-state index contributed by atoms with van der Waals surface area (Å²) in [7, 11) is 0. The van der Waals surface area contributed by atoms with Crippen LogP contribution in [0.1, 0.15) is 11.1 Å². The number of benzene rings is 1. The number of hydrogen-bond donors (Lipinski definition) is 3. The van der Waals surface area contributed by atoms with Gasteiger partial charge in [0.2, 0.25) is 0 Å². The molecule has 0 spiro atoms. The first-order valence-electron chi connectivity index (χ1n) is 6.73. The van der Waals surface area contributed by atoms with Gasteiger partial charge in [0.15, 0.2) is 0 Å². The summed E-state index contributed by atoms with van der Waals surface area (Å²) in [6, 6.07) is 11.6. The molecular weight excluding hydrogens is 264 g/mol. The highest BCUT2D eigenvalue weighted by molar-refractivity contribution is 5.62. The van der Waals surface area contributed by atoms with Crippen LogP contribution in [0.15, 0.2) is 55.0 Å². The van der Waals surface area contributed by atoms with Crippen molar-refractivity contribution in [3.8, 4) is 11.3 Å². The largest absolute Gasteiger partial charge is 0.392 e. The van der Waals surface area contributed by atoms with E-state index in [1.807, 2.05) is 48.8 Å². The number of nitrogens with zero attached hydrogens (tertiary/aromatic N) is 2. The number of nitrogens with one attached hydrogen (secondary N) is 2. The molecule has 0 saturated heterocycles. The Bertz CT molecular complexity index is 692. The summed E-state index contributed by atoms with van der Waals surface area (Å²) in [6.45, 7) is 0.729. The fourth-order valence-corrected chi connectivity index (χ4v) is 2.13. The molecule has 0 bridgehead atoms. The maximum atomic E-state index is 9.03. The van der Waals surface area contributed by atoms with Gasteiger partial charge in [-0.15, -0.1) is 0 Å². The standard InChI is InChI=1S/C16H16N4O/c21-11-12-3-5-15(6-4-12)18-9-14-10-19-20-16(14)13-2-1-7-17-8-13/h1-8,10,18,21H,9,11H2,(H,19,20). The summed E-state index contributed by atoms with van der Waals surface area (Å²) in [5, 5.41) is 19.5. The van der Waals surface area contributed by atoms with Gasteiger partial charge in [-0.1, -0.05) is 12.1 Å². The van der Waals surface area contributed by atoms with Gasteiger partial charge < -0.3 is 10.4 Å². The molecule has 2 aromatic heterocycles. The Balaban J connectivity index is 1.72. The molecule has 106 valence electrons. The number of aromatic amines is 1. The van der Waals surface area contributed by atoms with Crippen molar-refractivity contribution >= 4 is 5.69 Å². The van der Waals surface area contributed by atoms with Crippen LogP contribution in [0.5, 0.6) is 0 Å². The molecule has 1 aromatic carbocycles. The van der Waals surface area contributed by atoms with Crippen LogP contribution in [-0.4, -0.2) is 20.3 Å². The number of hydrogen-bond acceptors (Lipinski definition) is 4. The number of aromatic nitrogens is 3. The van der Waals surface area contributed by atoms with E-state index in [1.54, 1.807) is 6.20 Å². The Morgan fingerprint density at radius 3 is 2.67 bits per heavy atom. The van der Waals surface area contributed by atoms with E-state index in [0.717, 1.165) is 28.1 Å². The third-order valence-electron chi connectivity index (χ3n) is 3.29. The van der Waals surface area contributed by atoms with Gasteiger partial charge in [-0.2, -0.15) is 5.10 Å². The lowest BCUT2D eigenvalue weighted by Gasteiger charge is -2.07. The van der Waals surface area contributed by atoms with Crippen molar-refractivity contribution in [3.05, 3.63) is 66.1 Å². The van der Waals surface area contributed by atoms with Gasteiger partial charge in [0.25, 0.3) is 0 Å². The van der Waals surface area contributed by atoms with Crippen molar-refractivity contribution in [2.24, 2.45) is 0 Å². The Morgan fingerprint density at radius 1 is 1.10 bits per heavy atom. The summed E-state index contributed by atoms with van der Waals surface area (Å²) >= 11 is 0. The molecule has 5 nitrogen and oxygen atoms in total. The second kappa shape index (κ2) is 6.19. The summed E-state index contributed by atoms with van der Waals surface area (Å²) in [5.74, 6) is 0. The van der Waals surface area contributed by atoms with Crippen molar-refractivity contribution in [1.29, 1.82) is 0 Å². The van der Waals surface area contributed by atoms with Crippen molar-refractivity contribution in [3.63, 3.8) is 0 Å². The fraction of sp³-hybridized carbons (Fsp3) is 0.125. The van der Waals surface area contributed by atoms with Crippen LogP contribution < -0.4 is 5.32 Å². The van der Waals surface area contributed by atoms with E-state index in [9.17, 15) is 0 Å². The number of rotatable bonds is 5. The second-order valence-corrected chi connectivity index (χ2v) is 4.72. The highest BCUT2D eigenvalue weighted by atomic mass is 16.3. The van der Waals surface area contributed by atoms with Gasteiger partial charge in [-0.05, 0) is 29.8 Å². The first-order valence-corrected chi connectivity index (χ1v) is 6.73. The van der Waals surface area contributed by atoms with Gasteiger partial charge in [-0.25, -0.2) is 0 Å². The zero-order chi connectivity index (χ0) is 14.5. The zero-order valence-electron chi connectivity index (χ0n) is 11.5. The van der Waals surface area contributed by atoms with Crippen LogP contribution in [0, 0.1) is 0 Å². The molecule has 0 aliphatic carbocycles. The minimum atomic E-state index is 0.0627. The number of aliphatic hydroxyl groups excluding tert-OH is 1.